The molecule has 0 saturated carbocycles. The summed E-state index contributed by atoms with van der Waals surface area (Å²) in [7, 11) is 0. The molecule has 2 aliphatic heterocycles. The van der Waals surface area contributed by atoms with E-state index < -0.39 is 0 Å². The molecule has 1 fully saturated rings. The summed E-state index contributed by atoms with van der Waals surface area (Å²) < 4.78 is 0. The first kappa shape index (κ1) is 10.0. The fraction of sp³-hybridized carbons (Fsp3) is 0.417. The van der Waals surface area contributed by atoms with E-state index in [0.717, 1.165) is 35.6 Å². The first-order valence-corrected chi connectivity index (χ1v) is 6.67. The van der Waals surface area contributed by atoms with Crippen molar-refractivity contribution in [1.29, 1.82) is 0 Å². The normalized spacial score (nSPS) is 21.9. The summed E-state index contributed by atoms with van der Waals surface area (Å²) in [6.45, 7) is 0. The number of nitrogen functional groups attached to an aromatic ring is 1. The number of hydrogen-bond donors (Lipinski definition) is 2. The van der Waals surface area contributed by atoms with E-state index in [-0.39, 0.29) is 11.3 Å². The van der Waals surface area contributed by atoms with E-state index in [1.165, 1.54) is 0 Å². The maximum Gasteiger partial charge on any atom is 0.235 e. The highest BCUT2D eigenvalue weighted by Gasteiger charge is 2.47. The molecule has 0 atom stereocenters. The van der Waals surface area contributed by atoms with Crippen LogP contribution in [-0.4, -0.2) is 17.4 Å². The molecule has 2 aliphatic rings. The van der Waals surface area contributed by atoms with Crippen LogP contribution in [0.1, 0.15) is 18.4 Å². The summed E-state index contributed by atoms with van der Waals surface area (Å²) in [5.74, 6) is 2.29. The average Bonchev–Trinajstić information content (AvgIpc) is 2.53. The molecule has 1 saturated heterocycles. The lowest BCUT2D eigenvalue weighted by Crippen LogP contribution is -2.37. The molecule has 3 N–H and O–H groups in total. The van der Waals surface area contributed by atoms with Crippen LogP contribution >= 0.6 is 11.8 Å². The minimum absolute atomic E-state index is 0.161. The predicted molar refractivity (Wildman–Crippen MR) is 67.7 cm³/mol. The highest BCUT2D eigenvalue weighted by atomic mass is 32.2. The largest absolute Gasteiger partial charge is 0.399 e. The molecular formula is C12H14N2OS. The van der Waals surface area contributed by atoms with Gasteiger partial charge in [-0.2, -0.15) is 11.8 Å². The lowest BCUT2D eigenvalue weighted by molar-refractivity contribution is -0.121. The van der Waals surface area contributed by atoms with E-state index in [1.807, 2.05) is 30.0 Å². The quantitative estimate of drug-likeness (QED) is 0.675. The Morgan fingerprint density at radius 3 is 2.81 bits per heavy atom. The smallest absolute Gasteiger partial charge is 0.235 e. The average molecular weight is 234 g/mol. The van der Waals surface area contributed by atoms with Crippen LogP contribution in [0.2, 0.25) is 0 Å². The summed E-state index contributed by atoms with van der Waals surface area (Å²) in [4.78, 5) is 12.2. The van der Waals surface area contributed by atoms with E-state index >= 15 is 0 Å². The molecule has 0 aliphatic carbocycles. The number of amides is 1. The van der Waals surface area contributed by atoms with Crippen LogP contribution in [0.5, 0.6) is 0 Å². The summed E-state index contributed by atoms with van der Waals surface area (Å²) in [6.07, 6.45) is 1.89. The van der Waals surface area contributed by atoms with E-state index in [2.05, 4.69) is 5.32 Å². The van der Waals surface area contributed by atoms with E-state index in [0.29, 0.717) is 5.69 Å². The number of carbonyl (C=O) groups is 1. The number of rotatable bonds is 0. The van der Waals surface area contributed by atoms with Crippen molar-refractivity contribution in [2.75, 3.05) is 22.6 Å². The monoisotopic (exact) mass is 234 g/mol. The predicted octanol–water partition coefficient (Wildman–Crippen LogP) is 1.99. The van der Waals surface area contributed by atoms with Gasteiger partial charge in [0.05, 0.1) is 5.41 Å². The Morgan fingerprint density at radius 1 is 1.31 bits per heavy atom. The molecule has 16 heavy (non-hydrogen) atoms. The minimum atomic E-state index is -0.270. The van der Waals surface area contributed by atoms with Gasteiger partial charge < -0.3 is 11.1 Å². The molecule has 0 bridgehead atoms. The van der Waals surface area contributed by atoms with Crippen LogP contribution in [0, 0.1) is 0 Å². The standard InChI is InChI=1S/C12H14N2OS/c13-8-1-2-9-10(7-8)14-11(15)12(9)3-5-16-6-4-12/h1-2,7H,3-6,13H2,(H,14,15). The maximum absolute atomic E-state index is 12.2. The van der Waals surface area contributed by atoms with Crippen LogP contribution in [0.15, 0.2) is 18.2 Å². The van der Waals surface area contributed by atoms with Crippen molar-refractivity contribution >= 4 is 29.0 Å². The summed E-state index contributed by atoms with van der Waals surface area (Å²) in [5, 5.41) is 2.97. The van der Waals surface area contributed by atoms with Crippen molar-refractivity contribution in [1.82, 2.24) is 0 Å². The molecule has 3 rings (SSSR count). The van der Waals surface area contributed by atoms with Gasteiger partial charge in [-0.3, -0.25) is 4.79 Å². The first-order valence-electron chi connectivity index (χ1n) is 5.52. The highest BCUT2D eigenvalue weighted by molar-refractivity contribution is 7.99. The molecule has 4 heteroatoms. The number of thioether (sulfide) groups is 1. The third-order valence-electron chi connectivity index (χ3n) is 3.59. The van der Waals surface area contributed by atoms with Gasteiger partial charge in [0, 0.05) is 11.4 Å². The van der Waals surface area contributed by atoms with Crippen LogP contribution in [0.3, 0.4) is 0 Å². The van der Waals surface area contributed by atoms with Gasteiger partial charge >= 0.3 is 0 Å². The van der Waals surface area contributed by atoms with Crippen LogP contribution in [-0.2, 0) is 10.2 Å². The molecule has 1 aromatic rings. The fourth-order valence-electron chi connectivity index (χ4n) is 2.66. The second kappa shape index (κ2) is 3.42. The highest BCUT2D eigenvalue weighted by Crippen LogP contribution is 2.46. The van der Waals surface area contributed by atoms with Gasteiger partial charge in [-0.05, 0) is 42.0 Å². The molecule has 0 radical (unpaired) electrons. The molecule has 0 unspecified atom stereocenters. The Labute approximate surface area is 98.8 Å². The minimum Gasteiger partial charge on any atom is -0.399 e. The van der Waals surface area contributed by atoms with Gasteiger partial charge in [0.15, 0.2) is 0 Å². The van der Waals surface area contributed by atoms with Gasteiger partial charge in [0.25, 0.3) is 0 Å². The summed E-state index contributed by atoms with van der Waals surface area (Å²) in [5.41, 5.74) is 8.24. The number of anilines is 2. The van der Waals surface area contributed by atoms with Crippen molar-refractivity contribution < 1.29 is 4.79 Å². The third-order valence-corrected chi connectivity index (χ3v) is 4.57. The van der Waals surface area contributed by atoms with Crippen LogP contribution in [0.4, 0.5) is 11.4 Å². The Bertz CT molecular complexity index is 452. The van der Waals surface area contributed by atoms with Gasteiger partial charge in [-0.15, -0.1) is 0 Å². The zero-order chi connectivity index (χ0) is 11.2. The molecule has 1 spiro atoms. The molecule has 0 aromatic heterocycles. The molecule has 1 aromatic carbocycles. The number of hydrogen-bond acceptors (Lipinski definition) is 3. The van der Waals surface area contributed by atoms with E-state index in [9.17, 15) is 4.79 Å². The van der Waals surface area contributed by atoms with Crippen LogP contribution in [0.25, 0.3) is 0 Å². The Kier molecular flexibility index (Phi) is 2.14. The number of nitrogens with two attached hydrogens (primary N) is 1. The molecular weight excluding hydrogens is 220 g/mol. The number of carbonyl (C=O) groups excluding carboxylic acids is 1. The summed E-state index contributed by atoms with van der Waals surface area (Å²) in [6, 6.07) is 5.77. The van der Waals surface area contributed by atoms with Gasteiger partial charge in [0.2, 0.25) is 5.91 Å². The van der Waals surface area contributed by atoms with Crippen LogP contribution < -0.4 is 11.1 Å². The molecule has 1 amide bonds. The first-order chi connectivity index (χ1) is 7.72. The van der Waals surface area contributed by atoms with Crippen molar-refractivity contribution in [3.05, 3.63) is 23.8 Å². The number of fused-ring (bicyclic) bond motifs is 2. The van der Waals surface area contributed by atoms with Gasteiger partial charge in [-0.1, -0.05) is 6.07 Å². The second-order valence-electron chi connectivity index (χ2n) is 4.45. The maximum atomic E-state index is 12.2. The molecule has 3 nitrogen and oxygen atoms in total. The topological polar surface area (TPSA) is 55.1 Å². The third kappa shape index (κ3) is 1.26. The lowest BCUT2D eigenvalue weighted by atomic mass is 9.76. The molecule has 2 heterocycles. The Balaban J connectivity index is 2.11. The molecule has 84 valence electrons. The summed E-state index contributed by atoms with van der Waals surface area (Å²) >= 11 is 1.93. The van der Waals surface area contributed by atoms with E-state index in [1.54, 1.807) is 0 Å². The SMILES string of the molecule is Nc1ccc2c(c1)NC(=O)C21CCSCC1. The fourth-order valence-corrected chi connectivity index (χ4v) is 3.85. The lowest BCUT2D eigenvalue weighted by Gasteiger charge is -2.31. The number of benzene rings is 1. The van der Waals surface area contributed by atoms with E-state index in [4.69, 9.17) is 5.73 Å². The van der Waals surface area contributed by atoms with Crippen molar-refractivity contribution in [3.8, 4) is 0 Å². The zero-order valence-electron chi connectivity index (χ0n) is 8.95. The van der Waals surface area contributed by atoms with Crippen molar-refractivity contribution in [2.45, 2.75) is 18.3 Å². The van der Waals surface area contributed by atoms with Crippen molar-refractivity contribution in [3.63, 3.8) is 0 Å². The van der Waals surface area contributed by atoms with Gasteiger partial charge in [0.1, 0.15) is 0 Å². The zero-order valence-corrected chi connectivity index (χ0v) is 9.77. The van der Waals surface area contributed by atoms with Gasteiger partial charge in [-0.25, -0.2) is 0 Å². The Morgan fingerprint density at radius 2 is 2.06 bits per heavy atom. The van der Waals surface area contributed by atoms with Crippen molar-refractivity contribution in [2.24, 2.45) is 0 Å². The Hall–Kier alpha value is -1.16. The second-order valence-corrected chi connectivity index (χ2v) is 5.68. The number of nitrogens with one attached hydrogen (secondary N) is 1.